The minimum absolute atomic E-state index is 0. The van der Waals surface area contributed by atoms with Crippen LogP contribution < -0.4 is 10.6 Å². The number of aromatic nitrogens is 4. The number of rotatable bonds is 4. The summed E-state index contributed by atoms with van der Waals surface area (Å²) in [4.78, 5) is 16.8. The van der Waals surface area contributed by atoms with Crippen LogP contribution in [0.4, 0.5) is 0 Å². The van der Waals surface area contributed by atoms with Crippen LogP contribution in [-0.4, -0.2) is 38.6 Å². The van der Waals surface area contributed by atoms with Gasteiger partial charge >= 0.3 is 0 Å². The Bertz CT molecular complexity index is 822. The summed E-state index contributed by atoms with van der Waals surface area (Å²) in [5.74, 6) is -0.130. The Labute approximate surface area is 145 Å². The first-order valence-electron chi connectivity index (χ1n) is 7.79. The summed E-state index contributed by atoms with van der Waals surface area (Å²) in [5, 5.41) is 13.3. The SMILES string of the molecule is Cl.O=C(NCCc1cn2ccccc2n1)c1n[nH]c2c1CNCC2. The number of hydrogen-bond donors (Lipinski definition) is 3. The largest absolute Gasteiger partial charge is 0.350 e. The predicted molar refractivity (Wildman–Crippen MR) is 92.5 cm³/mol. The van der Waals surface area contributed by atoms with Crippen LogP contribution in [0.2, 0.25) is 0 Å². The minimum atomic E-state index is -0.130. The van der Waals surface area contributed by atoms with Gasteiger partial charge in [-0.2, -0.15) is 5.10 Å². The molecule has 0 aromatic carbocycles. The van der Waals surface area contributed by atoms with Crippen molar-refractivity contribution >= 4 is 24.0 Å². The number of nitrogens with one attached hydrogen (secondary N) is 3. The third kappa shape index (κ3) is 3.13. The van der Waals surface area contributed by atoms with Crippen LogP contribution in [0, 0.1) is 0 Å². The van der Waals surface area contributed by atoms with Gasteiger partial charge in [0.05, 0.1) is 5.69 Å². The van der Waals surface area contributed by atoms with E-state index >= 15 is 0 Å². The van der Waals surface area contributed by atoms with E-state index in [1.54, 1.807) is 0 Å². The van der Waals surface area contributed by atoms with Crippen molar-refractivity contribution in [3.63, 3.8) is 0 Å². The third-order valence-corrected chi connectivity index (χ3v) is 4.10. The average molecular weight is 347 g/mol. The molecule has 126 valence electrons. The smallest absolute Gasteiger partial charge is 0.272 e. The summed E-state index contributed by atoms with van der Waals surface area (Å²) in [6.07, 6.45) is 5.53. The van der Waals surface area contributed by atoms with Gasteiger partial charge in [0.1, 0.15) is 5.65 Å². The molecule has 0 radical (unpaired) electrons. The topological polar surface area (TPSA) is 87.1 Å². The molecule has 3 aromatic rings. The third-order valence-electron chi connectivity index (χ3n) is 4.10. The lowest BCUT2D eigenvalue weighted by Gasteiger charge is -2.12. The van der Waals surface area contributed by atoms with Gasteiger partial charge in [0.25, 0.3) is 5.91 Å². The van der Waals surface area contributed by atoms with Gasteiger partial charge in [0, 0.05) is 56.1 Å². The number of fused-ring (bicyclic) bond motifs is 2. The molecule has 7 nitrogen and oxygen atoms in total. The Morgan fingerprint density at radius 3 is 3.17 bits per heavy atom. The first-order chi connectivity index (χ1) is 11.3. The molecule has 8 heteroatoms. The van der Waals surface area contributed by atoms with Crippen LogP contribution >= 0.6 is 12.4 Å². The Hall–Kier alpha value is -2.38. The molecule has 0 aliphatic carbocycles. The van der Waals surface area contributed by atoms with Crippen LogP contribution in [0.25, 0.3) is 5.65 Å². The number of carbonyl (C=O) groups is 1. The lowest BCUT2D eigenvalue weighted by molar-refractivity contribution is 0.0948. The van der Waals surface area contributed by atoms with Gasteiger partial charge in [-0.1, -0.05) is 6.07 Å². The molecule has 24 heavy (non-hydrogen) atoms. The quantitative estimate of drug-likeness (QED) is 0.660. The number of carbonyl (C=O) groups excluding carboxylic acids is 1. The molecule has 0 saturated heterocycles. The van der Waals surface area contributed by atoms with Gasteiger partial charge in [0.2, 0.25) is 0 Å². The first-order valence-corrected chi connectivity index (χ1v) is 7.79. The monoisotopic (exact) mass is 346 g/mol. The van der Waals surface area contributed by atoms with Crippen LogP contribution in [0.1, 0.15) is 27.4 Å². The standard InChI is InChI=1S/C16H18N6O.ClH/c23-16(15-12-9-17-6-5-13(12)20-21-15)18-7-4-11-10-22-8-2-1-3-14(22)19-11;/h1-3,8,10,17H,4-7,9H2,(H,18,23)(H,20,21);1H. The molecule has 3 N–H and O–H groups in total. The van der Waals surface area contributed by atoms with Crippen molar-refractivity contribution < 1.29 is 4.79 Å². The molecular formula is C16H19ClN6O. The maximum atomic E-state index is 12.3. The highest BCUT2D eigenvalue weighted by Crippen LogP contribution is 2.15. The number of hydrogen-bond acceptors (Lipinski definition) is 4. The lowest BCUT2D eigenvalue weighted by atomic mass is 10.1. The molecule has 0 saturated carbocycles. The number of nitrogens with zero attached hydrogens (tertiary/aromatic N) is 3. The minimum Gasteiger partial charge on any atom is -0.350 e. The molecule has 1 amide bonds. The fourth-order valence-corrected chi connectivity index (χ4v) is 2.91. The molecule has 3 aromatic heterocycles. The summed E-state index contributed by atoms with van der Waals surface area (Å²) >= 11 is 0. The zero-order chi connectivity index (χ0) is 15.6. The maximum Gasteiger partial charge on any atom is 0.272 e. The van der Waals surface area contributed by atoms with Gasteiger partial charge in [-0.3, -0.25) is 9.89 Å². The summed E-state index contributed by atoms with van der Waals surface area (Å²) in [6, 6.07) is 5.89. The van der Waals surface area contributed by atoms with Crippen molar-refractivity contribution in [3.8, 4) is 0 Å². The normalized spacial score (nSPS) is 13.3. The Morgan fingerprint density at radius 1 is 1.38 bits per heavy atom. The Kier molecular flexibility index (Phi) is 4.82. The van der Waals surface area contributed by atoms with Crippen LogP contribution in [0.3, 0.4) is 0 Å². The maximum absolute atomic E-state index is 12.3. The highest BCUT2D eigenvalue weighted by atomic mass is 35.5. The van der Waals surface area contributed by atoms with Crippen molar-refractivity contribution in [3.05, 3.63) is 53.2 Å². The van der Waals surface area contributed by atoms with E-state index in [1.165, 1.54) is 0 Å². The van der Waals surface area contributed by atoms with Crippen molar-refractivity contribution in [2.24, 2.45) is 0 Å². The Morgan fingerprint density at radius 2 is 2.29 bits per heavy atom. The average Bonchev–Trinajstić information content (AvgIpc) is 3.18. The van der Waals surface area contributed by atoms with E-state index in [1.807, 2.05) is 35.0 Å². The van der Waals surface area contributed by atoms with E-state index in [-0.39, 0.29) is 18.3 Å². The van der Waals surface area contributed by atoms with E-state index in [0.29, 0.717) is 25.2 Å². The van der Waals surface area contributed by atoms with Crippen molar-refractivity contribution in [2.45, 2.75) is 19.4 Å². The summed E-state index contributed by atoms with van der Waals surface area (Å²) in [5.41, 5.74) is 4.43. The fourth-order valence-electron chi connectivity index (χ4n) is 2.91. The van der Waals surface area contributed by atoms with Gasteiger partial charge in [0.15, 0.2) is 5.69 Å². The zero-order valence-corrected chi connectivity index (χ0v) is 13.9. The molecular weight excluding hydrogens is 328 g/mol. The molecule has 0 fully saturated rings. The number of pyridine rings is 1. The second-order valence-corrected chi connectivity index (χ2v) is 5.66. The summed E-state index contributed by atoms with van der Waals surface area (Å²) in [7, 11) is 0. The van der Waals surface area contributed by atoms with Gasteiger partial charge < -0.3 is 15.0 Å². The summed E-state index contributed by atoms with van der Waals surface area (Å²) in [6.45, 7) is 2.16. The molecule has 0 spiro atoms. The molecule has 0 atom stereocenters. The number of amides is 1. The first kappa shape index (κ1) is 16.5. The highest BCUT2D eigenvalue weighted by Gasteiger charge is 2.21. The summed E-state index contributed by atoms with van der Waals surface area (Å²) < 4.78 is 1.98. The number of imidazole rings is 1. The second-order valence-electron chi connectivity index (χ2n) is 5.66. The molecule has 4 rings (SSSR count). The second kappa shape index (κ2) is 7.02. The zero-order valence-electron chi connectivity index (χ0n) is 13.1. The van der Waals surface area contributed by atoms with Gasteiger partial charge in [-0.05, 0) is 12.1 Å². The predicted octanol–water partition coefficient (Wildman–Crippen LogP) is 1.10. The van der Waals surface area contributed by atoms with E-state index in [4.69, 9.17) is 0 Å². The van der Waals surface area contributed by atoms with E-state index in [2.05, 4.69) is 25.8 Å². The van der Waals surface area contributed by atoms with Crippen LogP contribution in [0.15, 0.2) is 30.6 Å². The molecule has 0 bridgehead atoms. The number of H-pyrrole nitrogens is 1. The van der Waals surface area contributed by atoms with E-state index in [9.17, 15) is 4.79 Å². The Balaban J connectivity index is 0.00000169. The number of aromatic amines is 1. The van der Waals surface area contributed by atoms with Crippen molar-refractivity contribution in [1.82, 2.24) is 30.2 Å². The van der Waals surface area contributed by atoms with Crippen molar-refractivity contribution in [2.75, 3.05) is 13.1 Å². The fraction of sp³-hybridized carbons (Fsp3) is 0.312. The van der Waals surface area contributed by atoms with E-state index < -0.39 is 0 Å². The molecule has 1 aliphatic heterocycles. The molecule has 1 aliphatic rings. The van der Waals surface area contributed by atoms with Gasteiger partial charge in [-0.15, -0.1) is 12.4 Å². The van der Waals surface area contributed by atoms with Crippen molar-refractivity contribution in [1.29, 1.82) is 0 Å². The lowest BCUT2D eigenvalue weighted by Crippen LogP contribution is -2.29. The molecule has 4 heterocycles. The number of halogens is 1. The van der Waals surface area contributed by atoms with E-state index in [0.717, 1.165) is 35.6 Å². The highest BCUT2D eigenvalue weighted by molar-refractivity contribution is 5.94. The van der Waals surface area contributed by atoms with Crippen LogP contribution in [-0.2, 0) is 19.4 Å². The molecule has 0 unspecified atom stereocenters. The van der Waals surface area contributed by atoms with Gasteiger partial charge in [-0.25, -0.2) is 4.98 Å². The van der Waals surface area contributed by atoms with Crippen LogP contribution in [0.5, 0.6) is 0 Å².